The van der Waals surface area contributed by atoms with Crippen LogP contribution in [0.1, 0.15) is 36.6 Å². The molecule has 1 aromatic rings. The Morgan fingerprint density at radius 1 is 1.27 bits per heavy atom. The van der Waals surface area contributed by atoms with Gasteiger partial charge in [0.25, 0.3) is 0 Å². The van der Waals surface area contributed by atoms with Crippen LogP contribution in [0, 0.1) is 13.8 Å². The standard InChI is InChI=1S/C5H7NS.C4H10/c1-4-3-6-5(2)7-4;1-3-4-2/h3H,1-2H3;3-4H2,1-2H3. The summed E-state index contributed by atoms with van der Waals surface area (Å²) in [4.78, 5) is 5.32. The highest BCUT2D eigenvalue weighted by molar-refractivity contribution is 7.11. The molecule has 0 atom stereocenters. The first-order chi connectivity index (χ1) is 5.20. The maximum Gasteiger partial charge on any atom is 0.0896 e. The molecule has 0 N–H and O–H groups in total. The van der Waals surface area contributed by atoms with Gasteiger partial charge in [-0.15, -0.1) is 11.3 Å². The molecule has 0 amide bonds. The van der Waals surface area contributed by atoms with E-state index in [1.807, 2.05) is 13.1 Å². The fourth-order valence-electron chi connectivity index (χ4n) is 0.467. The van der Waals surface area contributed by atoms with Crippen molar-refractivity contribution >= 4 is 11.3 Å². The predicted octanol–water partition coefficient (Wildman–Crippen LogP) is 3.57. The van der Waals surface area contributed by atoms with Gasteiger partial charge in [-0.3, -0.25) is 0 Å². The average molecular weight is 171 g/mol. The summed E-state index contributed by atoms with van der Waals surface area (Å²) in [6.07, 6.45) is 4.53. The van der Waals surface area contributed by atoms with Crippen molar-refractivity contribution in [2.24, 2.45) is 0 Å². The third kappa shape index (κ3) is 6.05. The van der Waals surface area contributed by atoms with Crippen molar-refractivity contribution in [3.8, 4) is 0 Å². The topological polar surface area (TPSA) is 12.9 Å². The predicted molar refractivity (Wildman–Crippen MR) is 52.2 cm³/mol. The van der Waals surface area contributed by atoms with Crippen LogP contribution in [-0.4, -0.2) is 4.98 Å². The van der Waals surface area contributed by atoms with E-state index in [9.17, 15) is 0 Å². The molecule has 0 aliphatic carbocycles. The van der Waals surface area contributed by atoms with Crippen LogP contribution in [0.3, 0.4) is 0 Å². The van der Waals surface area contributed by atoms with E-state index >= 15 is 0 Å². The Morgan fingerprint density at radius 2 is 1.82 bits per heavy atom. The largest absolute Gasteiger partial charge is 0.250 e. The van der Waals surface area contributed by atoms with E-state index in [1.165, 1.54) is 17.7 Å². The van der Waals surface area contributed by atoms with Gasteiger partial charge in [-0.25, -0.2) is 4.98 Å². The van der Waals surface area contributed by atoms with Gasteiger partial charge in [0.15, 0.2) is 0 Å². The van der Waals surface area contributed by atoms with Crippen LogP contribution in [0.4, 0.5) is 0 Å². The summed E-state index contributed by atoms with van der Waals surface area (Å²) in [6, 6.07) is 0. The molecule has 2 heteroatoms. The minimum atomic E-state index is 1.15. The zero-order valence-electron chi connectivity index (χ0n) is 7.85. The molecule has 0 aliphatic heterocycles. The molecule has 0 bridgehead atoms. The first kappa shape index (κ1) is 10.6. The Labute approximate surface area is 73.5 Å². The summed E-state index contributed by atoms with van der Waals surface area (Å²) < 4.78 is 0. The van der Waals surface area contributed by atoms with E-state index < -0.39 is 0 Å². The van der Waals surface area contributed by atoms with Gasteiger partial charge in [-0.05, 0) is 13.8 Å². The molecule has 0 radical (unpaired) electrons. The number of aromatic nitrogens is 1. The minimum absolute atomic E-state index is 1.15. The van der Waals surface area contributed by atoms with Gasteiger partial charge in [0.1, 0.15) is 0 Å². The van der Waals surface area contributed by atoms with Gasteiger partial charge in [0.05, 0.1) is 5.01 Å². The van der Waals surface area contributed by atoms with Crippen molar-refractivity contribution in [1.29, 1.82) is 0 Å². The maximum atomic E-state index is 4.03. The fourth-order valence-corrected chi connectivity index (χ4v) is 1.14. The molecule has 1 rings (SSSR count). The number of unbranched alkanes of at least 4 members (excludes halogenated alkanes) is 1. The molecular formula is C9H17NS. The molecule has 11 heavy (non-hydrogen) atoms. The number of hydrogen-bond donors (Lipinski definition) is 0. The molecule has 0 spiro atoms. The third-order valence-corrected chi connectivity index (χ3v) is 2.07. The fraction of sp³-hybridized carbons (Fsp3) is 0.667. The zero-order chi connectivity index (χ0) is 8.69. The van der Waals surface area contributed by atoms with Crippen molar-refractivity contribution in [3.63, 3.8) is 0 Å². The molecular weight excluding hydrogens is 154 g/mol. The highest BCUT2D eigenvalue weighted by Gasteiger charge is 1.86. The third-order valence-electron chi connectivity index (χ3n) is 1.24. The second-order valence-corrected chi connectivity index (χ2v) is 3.93. The number of rotatable bonds is 1. The molecule has 1 nitrogen and oxygen atoms in total. The number of thiazole rings is 1. The lowest BCUT2D eigenvalue weighted by atomic mass is 10.4. The van der Waals surface area contributed by atoms with E-state index in [0.717, 1.165) is 5.01 Å². The Kier molecular flexibility index (Phi) is 6.13. The van der Waals surface area contributed by atoms with Crippen LogP contribution in [0.15, 0.2) is 6.20 Å². The first-order valence-corrected chi connectivity index (χ1v) is 4.91. The van der Waals surface area contributed by atoms with Crippen molar-refractivity contribution in [2.45, 2.75) is 40.5 Å². The highest BCUT2D eigenvalue weighted by Crippen LogP contribution is 2.07. The summed E-state index contributed by atoms with van der Waals surface area (Å²) in [5.74, 6) is 0. The number of hydrogen-bond acceptors (Lipinski definition) is 2. The van der Waals surface area contributed by atoms with E-state index in [4.69, 9.17) is 0 Å². The molecule has 0 aromatic carbocycles. The highest BCUT2D eigenvalue weighted by atomic mass is 32.1. The van der Waals surface area contributed by atoms with E-state index in [-0.39, 0.29) is 0 Å². The zero-order valence-corrected chi connectivity index (χ0v) is 8.66. The van der Waals surface area contributed by atoms with Crippen LogP contribution in [-0.2, 0) is 0 Å². The number of nitrogens with zero attached hydrogens (tertiary/aromatic N) is 1. The minimum Gasteiger partial charge on any atom is -0.250 e. The van der Waals surface area contributed by atoms with Crippen LogP contribution in [0.2, 0.25) is 0 Å². The smallest absolute Gasteiger partial charge is 0.0896 e. The second-order valence-electron chi connectivity index (χ2n) is 2.49. The molecule has 0 saturated carbocycles. The summed E-state index contributed by atoms with van der Waals surface area (Å²) >= 11 is 1.73. The Balaban J connectivity index is 0.000000218. The van der Waals surface area contributed by atoms with E-state index in [0.29, 0.717) is 0 Å². The van der Waals surface area contributed by atoms with Gasteiger partial charge in [0, 0.05) is 11.1 Å². The SMILES string of the molecule is CCCC.Cc1cnc(C)s1. The van der Waals surface area contributed by atoms with Gasteiger partial charge < -0.3 is 0 Å². The van der Waals surface area contributed by atoms with Crippen LogP contribution in [0.5, 0.6) is 0 Å². The van der Waals surface area contributed by atoms with Gasteiger partial charge in [-0.1, -0.05) is 26.7 Å². The molecule has 0 aliphatic rings. The van der Waals surface area contributed by atoms with Gasteiger partial charge in [-0.2, -0.15) is 0 Å². The maximum absolute atomic E-state index is 4.03. The lowest BCUT2D eigenvalue weighted by Gasteiger charge is -1.68. The van der Waals surface area contributed by atoms with E-state index in [1.54, 1.807) is 11.3 Å². The Morgan fingerprint density at radius 3 is 1.91 bits per heavy atom. The normalized spacial score (nSPS) is 8.73. The molecule has 0 saturated heterocycles. The first-order valence-electron chi connectivity index (χ1n) is 4.09. The number of aryl methyl sites for hydroxylation is 2. The van der Waals surface area contributed by atoms with Gasteiger partial charge in [0.2, 0.25) is 0 Å². The van der Waals surface area contributed by atoms with Crippen molar-refractivity contribution in [2.75, 3.05) is 0 Å². The Hall–Kier alpha value is -0.370. The molecule has 0 unspecified atom stereocenters. The molecule has 0 fully saturated rings. The molecule has 1 heterocycles. The molecule has 64 valence electrons. The lowest BCUT2D eigenvalue weighted by molar-refractivity contribution is 0.886. The average Bonchev–Trinajstić information content (AvgIpc) is 2.35. The summed E-state index contributed by atoms with van der Waals surface area (Å²) in [5.41, 5.74) is 0. The van der Waals surface area contributed by atoms with Crippen LogP contribution in [0.25, 0.3) is 0 Å². The molecule has 1 aromatic heterocycles. The van der Waals surface area contributed by atoms with Crippen molar-refractivity contribution in [3.05, 3.63) is 16.1 Å². The van der Waals surface area contributed by atoms with Crippen molar-refractivity contribution < 1.29 is 0 Å². The summed E-state index contributed by atoms with van der Waals surface area (Å²) in [7, 11) is 0. The quantitative estimate of drug-likeness (QED) is 0.629. The van der Waals surface area contributed by atoms with Gasteiger partial charge >= 0.3 is 0 Å². The summed E-state index contributed by atoms with van der Waals surface area (Å²) in [5, 5.41) is 1.15. The van der Waals surface area contributed by atoms with Crippen molar-refractivity contribution in [1.82, 2.24) is 4.98 Å². The monoisotopic (exact) mass is 171 g/mol. The Bertz CT molecular complexity index is 163. The second kappa shape index (κ2) is 6.35. The summed E-state index contributed by atoms with van der Waals surface area (Å²) in [6.45, 7) is 8.43. The van der Waals surface area contributed by atoms with Crippen LogP contribution >= 0.6 is 11.3 Å². The van der Waals surface area contributed by atoms with Crippen LogP contribution < -0.4 is 0 Å². The lowest BCUT2D eigenvalue weighted by Crippen LogP contribution is -1.57. The van der Waals surface area contributed by atoms with E-state index in [2.05, 4.69) is 25.8 Å².